The highest BCUT2D eigenvalue weighted by molar-refractivity contribution is 7.25. The summed E-state index contributed by atoms with van der Waals surface area (Å²) in [4.78, 5) is 0. The fraction of sp³-hybridized carbons (Fsp3) is 0. The summed E-state index contributed by atoms with van der Waals surface area (Å²) < 4.78 is 12.5. The van der Waals surface area contributed by atoms with Crippen molar-refractivity contribution in [3.8, 4) is 67.3 Å². The zero-order chi connectivity index (χ0) is 53.1. The van der Waals surface area contributed by atoms with Crippen LogP contribution in [0.4, 0.5) is 0 Å². The molecule has 0 saturated carbocycles. The Bertz CT molecular complexity index is 4970. The van der Waals surface area contributed by atoms with Gasteiger partial charge in [-0.05, 0) is 154 Å². The highest BCUT2D eigenvalue weighted by atomic mass is 32.1. The normalized spacial score (nSPS) is 12.0. The van der Waals surface area contributed by atoms with Crippen LogP contribution in [0.5, 0.6) is 0 Å². The fourth-order valence-electron chi connectivity index (χ4n) is 13.1. The van der Waals surface area contributed by atoms with Gasteiger partial charge in [0.15, 0.2) is 0 Å². The summed E-state index contributed by atoms with van der Waals surface area (Å²) in [6, 6.07) is 107. The molecule has 0 saturated heterocycles. The lowest BCUT2D eigenvalue weighted by Gasteiger charge is -2.14. The highest BCUT2D eigenvalue weighted by Gasteiger charge is 2.26. The van der Waals surface area contributed by atoms with E-state index in [1.807, 2.05) is 11.3 Å². The molecule has 5 heteroatoms. The molecule has 0 aliphatic carbocycles. The average Bonchev–Trinajstić information content (AvgIpc) is 4.08. The molecule has 5 aromatic heterocycles. The molecule has 4 nitrogen and oxygen atoms in total. The summed E-state index contributed by atoms with van der Waals surface area (Å²) in [6.07, 6.45) is 0. The van der Waals surface area contributed by atoms with E-state index in [0.717, 1.165) is 45.1 Å². The van der Waals surface area contributed by atoms with Crippen molar-refractivity contribution < 1.29 is 0 Å². The molecule has 0 spiro atoms. The number of hydrogen-bond acceptors (Lipinski definition) is 1. The van der Waals surface area contributed by atoms with E-state index in [1.165, 1.54) is 108 Å². The maximum absolute atomic E-state index is 2.52. The molecule has 81 heavy (non-hydrogen) atoms. The van der Waals surface area contributed by atoms with Crippen molar-refractivity contribution in [2.45, 2.75) is 0 Å². The SMILES string of the molecule is c1ccc(-c2ccc3c(c2)c2c4cc(-c5ccccc5)ccc4n(-c4ccc5sc6ccc(-n7c8ccc(-c9ccccc9)cc8c8c9cc(-c%10ccccc%10)ccc9n(-c9ccccc9)c87)cc6c5c4)c2n3-c2ccccc2)cc1. The molecule has 0 aliphatic heterocycles. The molecule has 0 atom stereocenters. The van der Waals surface area contributed by atoms with Crippen LogP contribution in [0.15, 0.2) is 291 Å². The molecule has 0 amide bonds. The molecule has 378 valence electrons. The molecular weight excluding hydrogens is 1000 g/mol. The maximum atomic E-state index is 2.52. The minimum absolute atomic E-state index is 1.11. The Labute approximate surface area is 471 Å². The lowest BCUT2D eigenvalue weighted by molar-refractivity contribution is 1.07. The van der Waals surface area contributed by atoms with Gasteiger partial charge in [-0.1, -0.05) is 182 Å². The standard InChI is InChI=1S/C76H48N4S/c1-7-19-49(20-8-1)53-31-37-67-63(43-53)73-65-45-55(51-23-11-3-12-24-51)33-39-69(65)79(75(73)77(67)57-27-15-5-16-28-57)59-35-41-71-61(47-59)62-48-60(36-42-72(62)81-71)80-70-40-34-56(52-25-13-4-14-26-52)46-66(70)74-64-44-54(50-21-9-2-10-22-50)32-38-68(64)78(76(74)80)58-29-17-6-18-30-58/h1-48H. The lowest BCUT2D eigenvalue weighted by atomic mass is 10.0. The fourth-order valence-corrected chi connectivity index (χ4v) is 14.1. The smallest absolute Gasteiger partial charge is 0.131 e. The van der Waals surface area contributed by atoms with Gasteiger partial charge in [-0.15, -0.1) is 11.3 Å². The van der Waals surface area contributed by atoms with Crippen LogP contribution in [-0.2, 0) is 0 Å². The van der Waals surface area contributed by atoms with Crippen molar-refractivity contribution >= 4 is 97.2 Å². The molecule has 12 aromatic carbocycles. The summed E-state index contributed by atoms with van der Waals surface area (Å²) in [7, 11) is 0. The second-order valence-corrected chi connectivity index (χ2v) is 22.3. The van der Waals surface area contributed by atoms with Crippen molar-refractivity contribution in [2.75, 3.05) is 0 Å². The van der Waals surface area contributed by atoms with Crippen LogP contribution in [0.3, 0.4) is 0 Å². The number of nitrogens with zero attached hydrogens (tertiary/aromatic N) is 4. The number of fused-ring (bicyclic) bond motifs is 13. The van der Waals surface area contributed by atoms with E-state index < -0.39 is 0 Å². The molecule has 0 fully saturated rings. The van der Waals surface area contributed by atoms with Gasteiger partial charge < -0.3 is 0 Å². The number of aromatic nitrogens is 4. The van der Waals surface area contributed by atoms with Crippen molar-refractivity contribution in [1.82, 2.24) is 18.3 Å². The van der Waals surface area contributed by atoms with Crippen LogP contribution >= 0.6 is 11.3 Å². The molecular formula is C76H48N4S. The van der Waals surface area contributed by atoms with Gasteiger partial charge in [-0.25, -0.2) is 0 Å². The summed E-state index contributed by atoms with van der Waals surface area (Å²) in [5.41, 5.74) is 21.0. The van der Waals surface area contributed by atoms with E-state index in [-0.39, 0.29) is 0 Å². The first-order valence-corrected chi connectivity index (χ1v) is 28.6. The van der Waals surface area contributed by atoms with Crippen molar-refractivity contribution in [1.29, 1.82) is 0 Å². The Kier molecular flexibility index (Phi) is 10.1. The number of benzene rings is 12. The average molecular weight is 1050 g/mol. The maximum Gasteiger partial charge on any atom is 0.131 e. The molecule has 0 radical (unpaired) electrons. The van der Waals surface area contributed by atoms with Crippen LogP contribution in [0.25, 0.3) is 153 Å². The second-order valence-electron chi connectivity index (χ2n) is 21.3. The van der Waals surface area contributed by atoms with Gasteiger partial charge >= 0.3 is 0 Å². The monoisotopic (exact) mass is 1050 g/mol. The first kappa shape index (κ1) is 45.5. The van der Waals surface area contributed by atoms with E-state index in [9.17, 15) is 0 Å². The van der Waals surface area contributed by atoms with Crippen LogP contribution in [0.2, 0.25) is 0 Å². The minimum Gasteiger partial charge on any atom is -0.295 e. The third kappa shape index (κ3) is 7.09. The second kappa shape index (κ2) is 18.0. The molecule has 5 heterocycles. The zero-order valence-corrected chi connectivity index (χ0v) is 44.7. The van der Waals surface area contributed by atoms with Crippen LogP contribution in [-0.4, -0.2) is 18.3 Å². The van der Waals surface area contributed by atoms with E-state index >= 15 is 0 Å². The van der Waals surface area contributed by atoms with Gasteiger partial charge in [0, 0.05) is 75.2 Å². The molecule has 17 rings (SSSR count). The Morgan fingerprint density at radius 3 is 0.765 bits per heavy atom. The van der Waals surface area contributed by atoms with E-state index in [4.69, 9.17) is 0 Å². The van der Waals surface area contributed by atoms with Gasteiger partial charge in [0.25, 0.3) is 0 Å². The van der Waals surface area contributed by atoms with Gasteiger partial charge in [-0.2, -0.15) is 0 Å². The van der Waals surface area contributed by atoms with Crippen molar-refractivity contribution in [3.63, 3.8) is 0 Å². The summed E-state index contributed by atoms with van der Waals surface area (Å²) in [5.74, 6) is 0. The number of para-hydroxylation sites is 2. The Balaban J connectivity index is 0.938. The van der Waals surface area contributed by atoms with Crippen molar-refractivity contribution in [3.05, 3.63) is 291 Å². The van der Waals surface area contributed by atoms with Gasteiger partial charge in [0.05, 0.1) is 22.1 Å². The summed E-state index contributed by atoms with van der Waals surface area (Å²) in [6.45, 7) is 0. The lowest BCUT2D eigenvalue weighted by Crippen LogP contribution is -2.02. The van der Waals surface area contributed by atoms with Crippen LogP contribution < -0.4 is 0 Å². The molecule has 17 aromatic rings. The third-order valence-corrected chi connectivity index (χ3v) is 17.9. The Morgan fingerprint density at radius 1 is 0.198 bits per heavy atom. The van der Waals surface area contributed by atoms with Crippen LogP contribution in [0, 0.1) is 0 Å². The van der Waals surface area contributed by atoms with E-state index in [2.05, 4.69) is 309 Å². The molecule has 0 aliphatic rings. The summed E-state index contributed by atoms with van der Waals surface area (Å²) in [5, 5.41) is 9.82. The first-order valence-electron chi connectivity index (χ1n) is 27.7. The van der Waals surface area contributed by atoms with Gasteiger partial charge in [0.1, 0.15) is 11.3 Å². The van der Waals surface area contributed by atoms with Gasteiger partial charge in [-0.3, -0.25) is 18.3 Å². The van der Waals surface area contributed by atoms with Crippen LogP contribution in [0.1, 0.15) is 0 Å². The Hall–Kier alpha value is -10.5. The predicted molar refractivity (Wildman–Crippen MR) is 343 cm³/mol. The third-order valence-electron chi connectivity index (χ3n) is 16.7. The molecule has 0 bridgehead atoms. The predicted octanol–water partition coefficient (Wildman–Crippen LogP) is 20.8. The number of rotatable bonds is 8. The number of thiophene rings is 1. The van der Waals surface area contributed by atoms with Gasteiger partial charge in [0.2, 0.25) is 0 Å². The largest absolute Gasteiger partial charge is 0.295 e. The summed E-state index contributed by atoms with van der Waals surface area (Å²) >= 11 is 1.86. The minimum atomic E-state index is 1.11. The van der Waals surface area contributed by atoms with E-state index in [1.54, 1.807) is 0 Å². The molecule has 0 unspecified atom stereocenters. The Morgan fingerprint density at radius 2 is 0.469 bits per heavy atom. The van der Waals surface area contributed by atoms with E-state index in [0.29, 0.717) is 0 Å². The topological polar surface area (TPSA) is 19.7 Å². The zero-order valence-electron chi connectivity index (χ0n) is 43.9. The molecule has 0 N–H and O–H groups in total. The quantitative estimate of drug-likeness (QED) is 0.145. The first-order chi connectivity index (χ1) is 40.2. The van der Waals surface area contributed by atoms with Crippen molar-refractivity contribution in [2.24, 2.45) is 0 Å². The number of hydrogen-bond donors (Lipinski definition) is 0. The highest BCUT2D eigenvalue weighted by Crippen LogP contribution is 2.47.